The summed E-state index contributed by atoms with van der Waals surface area (Å²) in [5, 5.41) is 3.72. The number of ether oxygens (including phenoxy) is 1. The second-order valence-corrected chi connectivity index (χ2v) is 8.52. The third kappa shape index (κ3) is 7.15. The van der Waals surface area contributed by atoms with E-state index in [0.29, 0.717) is 33.8 Å². The van der Waals surface area contributed by atoms with Gasteiger partial charge in [-0.25, -0.2) is 0 Å². The lowest BCUT2D eigenvalue weighted by Gasteiger charge is -2.29. The lowest BCUT2D eigenvalue weighted by Crippen LogP contribution is -2.49. The Labute approximate surface area is 194 Å². The van der Waals surface area contributed by atoms with Crippen LogP contribution in [0, 0.1) is 0 Å². The molecule has 0 radical (unpaired) electrons. The first-order valence-electron chi connectivity index (χ1n) is 10.5. The van der Waals surface area contributed by atoms with Gasteiger partial charge in [0.1, 0.15) is 11.8 Å². The van der Waals surface area contributed by atoms with Crippen molar-refractivity contribution < 1.29 is 14.3 Å². The molecule has 1 atom stereocenters. The maximum atomic E-state index is 13.1. The average Bonchev–Trinajstić information content (AvgIpc) is 2.75. The highest BCUT2D eigenvalue weighted by Gasteiger charge is 2.27. The standard InChI is InChI=1S/C24H30Cl2N2O3/c1-5-13-27-24(30)17(4)28(14-20-21(25)7-6-8-22(20)26)23(29)15-31-19-11-9-18(10-12-19)16(2)3/h6-12,16-17H,5,13-15H2,1-4H3,(H,27,30). The topological polar surface area (TPSA) is 58.6 Å². The van der Waals surface area contributed by atoms with E-state index in [1.807, 2.05) is 31.2 Å². The Morgan fingerprint density at radius 2 is 1.65 bits per heavy atom. The van der Waals surface area contributed by atoms with E-state index >= 15 is 0 Å². The van der Waals surface area contributed by atoms with Crippen molar-refractivity contribution in [2.24, 2.45) is 0 Å². The predicted octanol–water partition coefficient (Wildman–Crippen LogP) is 5.44. The molecule has 31 heavy (non-hydrogen) atoms. The first kappa shape index (κ1) is 25.0. The van der Waals surface area contributed by atoms with Gasteiger partial charge in [0, 0.05) is 28.7 Å². The number of amides is 2. The van der Waals surface area contributed by atoms with Crippen molar-refractivity contribution in [1.29, 1.82) is 0 Å². The van der Waals surface area contributed by atoms with Gasteiger partial charge in [-0.15, -0.1) is 0 Å². The Bertz CT molecular complexity index is 865. The second kappa shape index (κ2) is 12.0. The number of benzene rings is 2. The smallest absolute Gasteiger partial charge is 0.261 e. The van der Waals surface area contributed by atoms with Crippen molar-refractivity contribution in [1.82, 2.24) is 10.2 Å². The van der Waals surface area contributed by atoms with E-state index < -0.39 is 6.04 Å². The summed E-state index contributed by atoms with van der Waals surface area (Å²) in [7, 11) is 0. The van der Waals surface area contributed by atoms with Crippen LogP contribution in [-0.2, 0) is 16.1 Å². The zero-order valence-electron chi connectivity index (χ0n) is 18.5. The minimum Gasteiger partial charge on any atom is -0.484 e. The quantitative estimate of drug-likeness (QED) is 0.509. The molecule has 0 aromatic heterocycles. The summed E-state index contributed by atoms with van der Waals surface area (Å²) in [5.41, 5.74) is 1.78. The van der Waals surface area contributed by atoms with Crippen molar-refractivity contribution in [3.8, 4) is 5.75 Å². The first-order chi connectivity index (χ1) is 14.7. The lowest BCUT2D eigenvalue weighted by molar-refractivity contribution is -0.142. The van der Waals surface area contributed by atoms with Gasteiger partial charge in [-0.05, 0) is 49.1 Å². The molecule has 2 aromatic rings. The molecule has 0 bridgehead atoms. The molecule has 0 aliphatic carbocycles. The van der Waals surface area contributed by atoms with Crippen LogP contribution in [0.15, 0.2) is 42.5 Å². The summed E-state index contributed by atoms with van der Waals surface area (Å²) in [4.78, 5) is 27.1. The lowest BCUT2D eigenvalue weighted by atomic mass is 10.0. The molecule has 5 nitrogen and oxygen atoms in total. The molecule has 2 aromatic carbocycles. The molecule has 1 unspecified atom stereocenters. The summed E-state index contributed by atoms with van der Waals surface area (Å²) >= 11 is 12.6. The van der Waals surface area contributed by atoms with E-state index in [1.165, 1.54) is 10.5 Å². The van der Waals surface area contributed by atoms with E-state index in [-0.39, 0.29) is 25.0 Å². The third-order valence-corrected chi connectivity index (χ3v) is 5.72. The molecule has 0 aliphatic heterocycles. The highest BCUT2D eigenvalue weighted by Crippen LogP contribution is 2.27. The van der Waals surface area contributed by atoms with Crippen molar-refractivity contribution >= 4 is 35.0 Å². The van der Waals surface area contributed by atoms with Crippen LogP contribution in [-0.4, -0.2) is 35.9 Å². The Balaban J connectivity index is 2.17. The molecule has 0 heterocycles. The molecule has 2 amide bonds. The number of hydrogen-bond donors (Lipinski definition) is 1. The molecular weight excluding hydrogens is 435 g/mol. The van der Waals surface area contributed by atoms with E-state index in [4.69, 9.17) is 27.9 Å². The van der Waals surface area contributed by atoms with Gasteiger partial charge < -0.3 is 15.0 Å². The molecule has 0 spiro atoms. The fourth-order valence-corrected chi connectivity index (χ4v) is 3.53. The minimum atomic E-state index is -0.710. The number of nitrogens with zero attached hydrogens (tertiary/aromatic N) is 1. The number of hydrogen-bond acceptors (Lipinski definition) is 3. The fourth-order valence-electron chi connectivity index (χ4n) is 3.01. The van der Waals surface area contributed by atoms with Gasteiger partial charge >= 0.3 is 0 Å². The summed E-state index contributed by atoms with van der Waals surface area (Å²) in [6.07, 6.45) is 0.804. The third-order valence-electron chi connectivity index (χ3n) is 5.02. The number of carbonyl (C=O) groups excluding carboxylic acids is 2. The monoisotopic (exact) mass is 464 g/mol. The Hall–Kier alpha value is -2.24. The normalized spacial score (nSPS) is 11.8. The van der Waals surface area contributed by atoms with Gasteiger partial charge in [0.25, 0.3) is 5.91 Å². The Morgan fingerprint density at radius 1 is 1.03 bits per heavy atom. The summed E-state index contributed by atoms with van der Waals surface area (Å²) < 4.78 is 5.70. The number of carbonyl (C=O) groups is 2. The number of halogens is 2. The molecule has 0 saturated heterocycles. The van der Waals surface area contributed by atoms with E-state index in [2.05, 4.69) is 19.2 Å². The molecule has 0 saturated carbocycles. The van der Waals surface area contributed by atoms with Crippen molar-refractivity contribution in [3.63, 3.8) is 0 Å². The maximum Gasteiger partial charge on any atom is 0.261 e. The maximum absolute atomic E-state index is 13.1. The SMILES string of the molecule is CCCNC(=O)C(C)N(Cc1c(Cl)cccc1Cl)C(=O)COc1ccc(C(C)C)cc1. The van der Waals surface area contributed by atoms with Crippen LogP contribution < -0.4 is 10.1 Å². The van der Waals surface area contributed by atoms with Crippen LogP contribution >= 0.6 is 23.2 Å². The fraction of sp³-hybridized carbons (Fsp3) is 0.417. The van der Waals surface area contributed by atoms with Crippen molar-refractivity contribution in [2.45, 2.75) is 52.6 Å². The van der Waals surface area contributed by atoms with E-state index in [0.717, 1.165) is 6.42 Å². The van der Waals surface area contributed by atoms with Gasteiger partial charge in [0.05, 0.1) is 0 Å². The zero-order chi connectivity index (χ0) is 23.0. The molecular formula is C24H30Cl2N2O3. The van der Waals surface area contributed by atoms with Crippen LogP contribution in [0.2, 0.25) is 10.0 Å². The van der Waals surface area contributed by atoms with Gasteiger partial charge in [-0.3, -0.25) is 9.59 Å². The molecule has 0 aliphatic rings. The number of rotatable bonds is 10. The van der Waals surface area contributed by atoms with E-state index in [9.17, 15) is 9.59 Å². The summed E-state index contributed by atoms with van der Waals surface area (Å²) in [6, 6.07) is 12.1. The van der Waals surface area contributed by atoms with Gasteiger partial charge in [0.2, 0.25) is 5.91 Å². The average molecular weight is 465 g/mol. The van der Waals surface area contributed by atoms with Gasteiger partial charge in [-0.2, -0.15) is 0 Å². The van der Waals surface area contributed by atoms with Gasteiger partial charge in [0.15, 0.2) is 6.61 Å². The number of nitrogens with one attached hydrogen (secondary N) is 1. The van der Waals surface area contributed by atoms with Crippen molar-refractivity contribution in [3.05, 3.63) is 63.6 Å². The molecule has 7 heteroatoms. The first-order valence-corrected chi connectivity index (χ1v) is 11.2. The largest absolute Gasteiger partial charge is 0.484 e. The Kier molecular flexibility index (Phi) is 9.66. The van der Waals surface area contributed by atoms with Crippen LogP contribution in [0.3, 0.4) is 0 Å². The van der Waals surface area contributed by atoms with E-state index in [1.54, 1.807) is 25.1 Å². The minimum absolute atomic E-state index is 0.105. The molecule has 0 fully saturated rings. The predicted molar refractivity (Wildman–Crippen MR) is 126 cm³/mol. The molecule has 168 valence electrons. The van der Waals surface area contributed by atoms with Crippen LogP contribution in [0.4, 0.5) is 0 Å². The Morgan fingerprint density at radius 3 is 2.19 bits per heavy atom. The second-order valence-electron chi connectivity index (χ2n) is 7.70. The van der Waals surface area contributed by atoms with Gasteiger partial charge in [-0.1, -0.05) is 62.2 Å². The van der Waals surface area contributed by atoms with Crippen LogP contribution in [0.5, 0.6) is 5.75 Å². The summed E-state index contributed by atoms with van der Waals surface area (Å²) in [6.45, 7) is 8.32. The van der Waals surface area contributed by atoms with Crippen LogP contribution in [0.25, 0.3) is 0 Å². The molecule has 1 N–H and O–H groups in total. The molecule has 2 rings (SSSR count). The highest BCUT2D eigenvalue weighted by atomic mass is 35.5. The summed E-state index contributed by atoms with van der Waals surface area (Å²) in [5.74, 6) is 0.438. The highest BCUT2D eigenvalue weighted by molar-refractivity contribution is 6.36. The zero-order valence-corrected chi connectivity index (χ0v) is 20.0. The van der Waals surface area contributed by atoms with Crippen molar-refractivity contribution in [2.75, 3.05) is 13.2 Å². The van der Waals surface area contributed by atoms with Crippen LogP contribution in [0.1, 0.15) is 51.2 Å².